The van der Waals surface area contributed by atoms with Crippen molar-refractivity contribution in [2.24, 2.45) is 0 Å². The highest BCUT2D eigenvalue weighted by Crippen LogP contribution is 2.07. The molecule has 0 aliphatic carbocycles. The van der Waals surface area contributed by atoms with Crippen molar-refractivity contribution in [3.05, 3.63) is 54.6 Å². The van der Waals surface area contributed by atoms with Gasteiger partial charge in [-0.3, -0.25) is 0 Å². The van der Waals surface area contributed by atoms with E-state index in [2.05, 4.69) is 13.2 Å². The fraction of sp³-hybridized carbons (Fsp3) is 0.312. The van der Waals surface area contributed by atoms with E-state index in [9.17, 15) is 4.79 Å². The predicted molar refractivity (Wildman–Crippen MR) is 77.7 cm³/mol. The number of benzene rings is 1. The van der Waals surface area contributed by atoms with Gasteiger partial charge < -0.3 is 14.2 Å². The smallest absolute Gasteiger partial charge is 0.335 e. The molecule has 0 heterocycles. The van der Waals surface area contributed by atoms with Crippen LogP contribution in [0.2, 0.25) is 0 Å². The van der Waals surface area contributed by atoms with Crippen molar-refractivity contribution >= 4 is 5.97 Å². The third-order valence-electron chi connectivity index (χ3n) is 2.24. The molecule has 0 spiro atoms. The Labute approximate surface area is 119 Å². The summed E-state index contributed by atoms with van der Waals surface area (Å²) in [4.78, 5) is 11.6. The zero-order valence-corrected chi connectivity index (χ0v) is 11.8. The van der Waals surface area contributed by atoms with Crippen molar-refractivity contribution in [2.75, 3.05) is 26.4 Å². The van der Waals surface area contributed by atoms with E-state index in [0.29, 0.717) is 13.2 Å². The lowest BCUT2D eigenvalue weighted by Gasteiger charge is -2.09. The van der Waals surface area contributed by atoms with Gasteiger partial charge in [0.25, 0.3) is 0 Å². The van der Waals surface area contributed by atoms with Crippen LogP contribution < -0.4 is 4.74 Å². The second kappa shape index (κ2) is 8.93. The molecule has 0 aliphatic rings. The molecule has 108 valence electrons. The molecule has 1 aromatic rings. The Morgan fingerprint density at radius 3 is 2.45 bits per heavy atom. The fourth-order valence-electron chi connectivity index (χ4n) is 1.32. The minimum absolute atomic E-state index is 0.144. The lowest BCUT2D eigenvalue weighted by atomic mass is 10.3. The van der Waals surface area contributed by atoms with Crippen LogP contribution in [0.3, 0.4) is 0 Å². The number of rotatable bonds is 9. The van der Waals surface area contributed by atoms with E-state index in [1.54, 1.807) is 0 Å². The lowest BCUT2D eigenvalue weighted by Crippen LogP contribution is -2.16. The summed E-state index contributed by atoms with van der Waals surface area (Å²) in [5.41, 5.74) is 1.17. The highest BCUT2D eigenvalue weighted by Gasteiger charge is 2.08. The van der Waals surface area contributed by atoms with Crippen LogP contribution in [0.5, 0.6) is 5.75 Å². The summed E-state index contributed by atoms with van der Waals surface area (Å²) in [5.74, 6) is 0.274. The molecule has 0 unspecified atom stereocenters. The van der Waals surface area contributed by atoms with Crippen molar-refractivity contribution in [2.45, 2.75) is 6.92 Å². The summed E-state index contributed by atoms with van der Waals surface area (Å²) >= 11 is 0. The maximum Gasteiger partial charge on any atom is 0.335 e. The first-order valence-corrected chi connectivity index (χ1v) is 6.34. The number of hydrogen-bond donors (Lipinski definition) is 0. The molecule has 0 saturated heterocycles. The van der Waals surface area contributed by atoms with E-state index in [1.807, 2.05) is 37.3 Å². The molecule has 4 heteroatoms. The molecule has 0 amide bonds. The Morgan fingerprint density at radius 1 is 1.10 bits per heavy atom. The van der Waals surface area contributed by atoms with E-state index in [1.165, 1.54) is 0 Å². The highest BCUT2D eigenvalue weighted by atomic mass is 16.6. The maximum atomic E-state index is 11.6. The highest BCUT2D eigenvalue weighted by molar-refractivity contribution is 5.87. The Kier molecular flexibility index (Phi) is 7.14. The van der Waals surface area contributed by atoms with Crippen LogP contribution in [0.15, 0.2) is 54.6 Å². The van der Waals surface area contributed by atoms with Gasteiger partial charge >= 0.3 is 5.97 Å². The zero-order valence-electron chi connectivity index (χ0n) is 11.8. The van der Waals surface area contributed by atoms with E-state index in [4.69, 9.17) is 14.2 Å². The molecule has 0 atom stereocenters. The third kappa shape index (κ3) is 6.75. The SMILES string of the molecule is C=C(C)COCC(=C)C(=O)OCCOc1ccccc1. The van der Waals surface area contributed by atoms with Gasteiger partial charge in [-0.15, -0.1) is 0 Å². The maximum absolute atomic E-state index is 11.6. The molecular formula is C16H20O4. The van der Waals surface area contributed by atoms with E-state index < -0.39 is 5.97 Å². The number of carbonyl (C=O) groups excluding carboxylic acids is 1. The number of ether oxygens (including phenoxy) is 3. The Balaban J connectivity index is 2.13. The average molecular weight is 276 g/mol. The molecule has 20 heavy (non-hydrogen) atoms. The monoisotopic (exact) mass is 276 g/mol. The molecule has 0 saturated carbocycles. The minimum atomic E-state index is -0.469. The van der Waals surface area contributed by atoms with Crippen molar-refractivity contribution in [3.8, 4) is 5.75 Å². The Morgan fingerprint density at radius 2 is 1.80 bits per heavy atom. The molecule has 1 aromatic carbocycles. The Bertz CT molecular complexity index is 451. The van der Waals surface area contributed by atoms with Crippen LogP contribution in [-0.2, 0) is 14.3 Å². The minimum Gasteiger partial charge on any atom is -0.490 e. The molecule has 0 aromatic heterocycles. The zero-order chi connectivity index (χ0) is 14.8. The molecule has 0 bridgehead atoms. The van der Waals surface area contributed by atoms with Crippen LogP contribution in [0, 0.1) is 0 Å². The van der Waals surface area contributed by atoms with Gasteiger partial charge in [-0.1, -0.05) is 36.9 Å². The van der Waals surface area contributed by atoms with Gasteiger partial charge in [-0.2, -0.15) is 0 Å². The van der Waals surface area contributed by atoms with Gasteiger partial charge in [0.1, 0.15) is 19.0 Å². The molecule has 0 radical (unpaired) electrons. The van der Waals surface area contributed by atoms with Gasteiger partial charge in [-0.25, -0.2) is 4.79 Å². The quantitative estimate of drug-likeness (QED) is 0.301. The summed E-state index contributed by atoms with van der Waals surface area (Å²) < 4.78 is 15.6. The number of para-hydroxylation sites is 1. The summed E-state index contributed by atoms with van der Waals surface area (Å²) in [7, 11) is 0. The molecule has 0 N–H and O–H groups in total. The van der Waals surface area contributed by atoms with Crippen molar-refractivity contribution < 1.29 is 19.0 Å². The summed E-state index contributed by atoms with van der Waals surface area (Å²) in [6.45, 7) is 10.2. The summed E-state index contributed by atoms with van der Waals surface area (Å²) in [6.07, 6.45) is 0. The van der Waals surface area contributed by atoms with Crippen molar-refractivity contribution in [3.63, 3.8) is 0 Å². The Hall–Kier alpha value is -2.07. The van der Waals surface area contributed by atoms with Gasteiger partial charge in [0.15, 0.2) is 0 Å². The first-order chi connectivity index (χ1) is 9.59. The second-order valence-electron chi connectivity index (χ2n) is 4.35. The molecular weight excluding hydrogens is 256 g/mol. The number of esters is 1. The molecule has 0 aliphatic heterocycles. The van der Waals surface area contributed by atoms with E-state index in [0.717, 1.165) is 11.3 Å². The van der Waals surface area contributed by atoms with Crippen LogP contribution in [0.1, 0.15) is 6.92 Å². The standard InChI is InChI=1S/C16H20O4/c1-13(2)11-18-12-14(3)16(17)20-10-9-19-15-7-5-4-6-8-15/h4-8H,1,3,9-12H2,2H3. The van der Waals surface area contributed by atoms with Gasteiger partial charge in [0.05, 0.1) is 18.8 Å². The molecule has 0 fully saturated rings. The molecule has 1 rings (SSSR count). The van der Waals surface area contributed by atoms with Crippen LogP contribution in [-0.4, -0.2) is 32.4 Å². The van der Waals surface area contributed by atoms with Crippen molar-refractivity contribution in [1.82, 2.24) is 0 Å². The molecule has 4 nitrogen and oxygen atoms in total. The predicted octanol–water partition coefficient (Wildman–Crippen LogP) is 2.76. The van der Waals surface area contributed by atoms with Crippen LogP contribution >= 0.6 is 0 Å². The third-order valence-corrected chi connectivity index (χ3v) is 2.24. The van der Waals surface area contributed by atoms with Gasteiger partial charge in [-0.05, 0) is 19.1 Å². The average Bonchev–Trinajstić information content (AvgIpc) is 2.44. The van der Waals surface area contributed by atoms with E-state index >= 15 is 0 Å². The van der Waals surface area contributed by atoms with Crippen LogP contribution in [0.25, 0.3) is 0 Å². The second-order valence-corrected chi connectivity index (χ2v) is 4.35. The van der Waals surface area contributed by atoms with E-state index in [-0.39, 0.29) is 18.8 Å². The lowest BCUT2D eigenvalue weighted by molar-refractivity contribution is -0.140. The summed E-state index contributed by atoms with van der Waals surface area (Å²) in [5, 5.41) is 0. The number of hydrogen-bond acceptors (Lipinski definition) is 4. The van der Waals surface area contributed by atoms with Gasteiger partial charge in [0, 0.05) is 0 Å². The first kappa shape index (κ1) is 16.0. The summed E-state index contributed by atoms with van der Waals surface area (Å²) in [6, 6.07) is 9.34. The normalized spacial score (nSPS) is 9.85. The fourth-order valence-corrected chi connectivity index (χ4v) is 1.32. The first-order valence-electron chi connectivity index (χ1n) is 6.34. The largest absolute Gasteiger partial charge is 0.490 e. The van der Waals surface area contributed by atoms with Crippen molar-refractivity contribution in [1.29, 1.82) is 0 Å². The number of carbonyl (C=O) groups is 1. The van der Waals surface area contributed by atoms with Gasteiger partial charge in [0.2, 0.25) is 0 Å². The van der Waals surface area contributed by atoms with Crippen LogP contribution in [0.4, 0.5) is 0 Å². The topological polar surface area (TPSA) is 44.8 Å².